The van der Waals surface area contributed by atoms with Crippen molar-refractivity contribution in [1.29, 1.82) is 0 Å². The summed E-state index contributed by atoms with van der Waals surface area (Å²) in [7, 11) is 0. The highest BCUT2D eigenvalue weighted by Gasteiger charge is 2.01. The predicted octanol–water partition coefficient (Wildman–Crippen LogP) is 2.59. The second-order valence-electron chi connectivity index (χ2n) is 4.55. The summed E-state index contributed by atoms with van der Waals surface area (Å²) in [4.78, 5) is 4.15. The van der Waals surface area contributed by atoms with Gasteiger partial charge in [0.05, 0.1) is 12.2 Å². The molecule has 2 aromatic heterocycles. The first kappa shape index (κ1) is 13.2. The minimum absolute atomic E-state index is 0.476. The lowest BCUT2D eigenvalue weighted by molar-refractivity contribution is 0.570. The van der Waals surface area contributed by atoms with Crippen LogP contribution in [0.5, 0.6) is 0 Å². The van der Waals surface area contributed by atoms with Gasteiger partial charge in [-0.25, -0.2) is 0 Å². The van der Waals surface area contributed by atoms with Crippen LogP contribution < -0.4 is 5.32 Å². The maximum atomic E-state index is 4.52. The first-order valence-electron chi connectivity index (χ1n) is 5.98. The Hall–Kier alpha value is -1.20. The fourth-order valence-electron chi connectivity index (χ4n) is 1.62. The van der Waals surface area contributed by atoms with Gasteiger partial charge >= 0.3 is 0 Å². The van der Waals surface area contributed by atoms with Crippen LogP contribution in [0.25, 0.3) is 0 Å². The van der Waals surface area contributed by atoms with Crippen LogP contribution >= 0.6 is 15.9 Å². The summed E-state index contributed by atoms with van der Waals surface area (Å²) >= 11 is 3.42. The van der Waals surface area contributed by atoms with E-state index in [0.717, 1.165) is 28.8 Å². The molecule has 2 rings (SSSR count). The molecule has 0 aliphatic carbocycles. The van der Waals surface area contributed by atoms with Crippen LogP contribution in [0.1, 0.15) is 25.1 Å². The molecule has 2 aromatic rings. The van der Waals surface area contributed by atoms with Crippen molar-refractivity contribution >= 4 is 15.9 Å². The van der Waals surface area contributed by atoms with E-state index in [1.165, 1.54) is 0 Å². The molecule has 4 nitrogen and oxygen atoms in total. The van der Waals surface area contributed by atoms with Gasteiger partial charge in [-0.15, -0.1) is 0 Å². The van der Waals surface area contributed by atoms with Gasteiger partial charge in [-0.05, 0) is 33.6 Å². The maximum absolute atomic E-state index is 4.52. The van der Waals surface area contributed by atoms with Crippen molar-refractivity contribution in [3.05, 3.63) is 46.5 Å². The molecule has 2 heterocycles. The van der Waals surface area contributed by atoms with Gasteiger partial charge in [0.1, 0.15) is 0 Å². The standard InChI is InChI=1S/C13H17BrN4/c1-10(2)16-8-13-3-4-18(17-13)9-11-5-12(14)7-15-6-11/h3-7,10,16H,8-9H2,1-2H3. The van der Waals surface area contributed by atoms with Gasteiger partial charge in [-0.1, -0.05) is 13.8 Å². The summed E-state index contributed by atoms with van der Waals surface area (Å²) in [5, 5.41) is 7.87. The molecule has 0 atom stereocenters. The molecule has 0 fully saturated rings. The molecule has 96 valence electrons. The second-order valence-corrected chi connectivity index (χ2v) is 5.47. The Morgan fingerprint density at radius 2 is 2.22 bits per heavy atom. The Kier molecular flexibility index (Phi) is 4.49. The summed E-state index contributed by atoms with van der Waals surface area (Å²) in [5.41, 5.74) is 2.20. The molecule has 0 saturated heterocycles. The van der Waals surface area contributed by atoms with Gasteiger partial charge in [-0.2, -0.15) is 5.10 Å². The zero-order valence-corrected chi connectivity index (χ0v) is 12.2. The third-order valence-electron chi connectivity index (χ3n) is 2.49. The number of nitrogens with one attached hydrogen (secondary N) is 1. The highest BCUT2D eigenvalue weighted by molar-refractivity contribution is 9.10. The smallest absolute Gasteiger partial charge is 0.0762 e. The van der Waals surface area contributed by atoms with Crippen molar-refractivity contribution in [3.63, 3.8) is 0 Å². The van der Waals surface area contributed by atoms with Gasteiger partial charge in [0.2, 0.25) is 0 Å². The molecule has 0 amide bonds. The van der Waals surface area contributed by atoms with Crippen LogP contribution in [0, 0.1) is 0 Å². The highest BCUT2D eigenvalue weighted by atomic mass is 79.9. The van der Waals surface area contributed by atoms with E-state index in [2.05, 4.69) is 51.2 Å². The fourth-order valence-corrected chi connectivity index (χ4v) is 2.04. The first-order chi connectivity index (χ1) is 8.63. The topological polar surface area (TPSA) is 42.7 Å². The molecule has 0 spiro atoms. The number of pyridine rings is 1. The molecule has 0 unspecified atom stereocenters. The number of hydrogen-bond acceptors (Lipinski definition) is 3. The molecule has 0 radical (unpaired) electrons. The van der Waals surface area contributed by atoms with Crippen LogP contribution in [-0.4, -0.2) is 20.8 Å². The molecule has 18 heavy (non-hydrogen) atoms. The lowest BCUT2D eigenvalue weighted by atomic mass is 10.3. The lowest BCUT2D eigenvalue weighted by Gasteiger charge is -2.05. The quantitative estimate of drug-likeness (QED) is 0.923. The Balaban J connectivity index is 1.98. The zero-order valence-electron chi connectivity index (χ0n) is 10.6. The normalized spacial score (nSPS) is 11.1. The third kappa shape index (κ3) is 3.92. The Bertz CT molecular complexity index is 507. The Morgan fingerprint density at radius 3 is 2.94 bits per heavy atom. The van der Waals surface area contributed by atoms with Gasteiger partial charge in [0.25, 0.3) is 0 Å². The van der Waals surface area contributed by atoms with Gasteiger partial charge in [-0.3, -0.25) is 9.67 Å². The van der Waals surface area contributed by atoms with E-state index >= 15 is 0 Å². The van der Waals surface area contributed by atoms with E-state index in [1.54, 1.807) is 6.20 Å². The van der Waals surface area contributed by atoms with Crippen molar-refractivity contribution in [1.82, 2.24) is 20.1 Å². The molecular weight excluding hydrogens is 292 g/mol. The van der Waals surface area contributed by atoms with E-state index in [-0.39, 0.29) is 0 Å². The van der Waals surface area contributed by atoms with E-state index in [0.29, 0.717) is 6.04 Å². The number of hydrogen-bond donors (Lipinski definition) is 1. The summed E-state index contributed by atoms with van der Waals surface area (Å²) in [6.45, 7) is 5.81. The molecular formula is C13H17BrN4. The van der Waals surface area contributed by atoms with Crippen molar-refractivity contribution in [2.75, 3.05) is 0 Å². The van der Waals surface area contributed by atoms with Crippen LogP contribution in [-0.2, 0) is 13.1 Å². The van der Waals surface area contributed by atoms with Crippen LogP contribution in [0.15, 0.2) is 35.2 Å². The number of halogens is 1. The van der Waals surface area contributed by atoms with E-state index in [4.69, 9.17) is 0 Å². The zero-order chi connectivity index (χ0) is 13.0. The van der Waals surface area contributed by atoms with Crippen molar-refractivity contribution in [2.45, 2.75) is 33.0 Å². The molecule has 0 aliphatic rings. The number of nitrogens with zero attached hydrogens (tertiary/aromatic N) is 3. The SMILES string of the molecule is CC(C)NCc1ccn(Cc2cncc(Br)c2)n1. The van der Waals surface area contributed by atoms with Crippen LogP contribution in [0.3, 0.4) is 0 Å². The summed E-state index contributed by atoms with van der Waals surface area (Å²) in [5.74, 6) is 0. The molecule has 0 saturated carbocycles. The fraction of sp³-hybridized carbons (Fsp3) is 0.385. The summed E-state index contributed by atoms with van der Waals surface area (Å²) in [6, 6.07) is 4.58. The molecule has 0 bridgehead atoms. The Morgan fingerprint density at radius 1 is 1.39 bits per heavy atom. The average Bonchev–Trinajstić information content (AvgIpc) is 2.74. The lowest BCUT2D eigenvalue weighted by Crippen LogP contribution is -2.22. The van der Waals surface area contributed by atoms with Crippen molar-refractivity contribution in [3.8, 4) is 0 Å². The molecule has 1 N–H and O–H groups in total. The van der Waals surface area contributed by atoms with E-state index in [1.807, 2.05) is 23.1 Å². The Labute approximate surface area is 116 Å². The van der Waals surface area contributed by atoms with E-state index < -0.39 is 0 Å². The molecule has 0 aromatic carbocycles. The predicted molar refractivity (Wildman–Crippen MR) is 75.2 cm³/mol. The summed E-state index contributed by atoms with van der Waals surface area (Å²) < 4.78 is 2.93. The van der Waals surface area contributed by atoms with Gasteiger partial charge < -0.3 is 5.32 Å². The van der Waals surface area contributed by atoms with Crippen molar-refractivity contribution in [2.24, 2.45) is 0 Å². The second kappa shape index (κ2) is 6.11. The molecule has 5 heteroatoms. The monoisotopic (exact) mass is 308 g/mol. The van der Waals surface area contributed by atoms with Crippen molar-refractivity contribution < 1.29 is 0 Å². The van der Waals surface area contributed by atoms with E-state index in [9.17, 15) is 0 Å². The minimum Gasteiger partial charge on any atom is -0.309 e. The van der Waals surface area contributed by atoms with Crippen LogP contribution in [0.4, 0.5) is 0 Å². The third-order valence-corrected chi connectivity index (χ3v) is 2.93. The minimum atomic E-state index is 0.476. The summed E-state index contributed by atoms with van der Waals surface area (Å²) in [6.07, 6.45) is 5.64. The molecule has 0 aliphatic heterocycles. The average molecular weight is 309 g/mol. The largest absolute Gasteiger partial charge is 0.309 e. The van der Waals surface area contributed by atoms with Crippen LogP contribution in [0.2, 0.25) is 0 Å². The van der Waals surface area contributed by atoms with Gasteiger partial charge in [0, 0.05) is 35.6 Å². The number of rotatable bonds is 5. The van der Waals surface area contributed by atoms with Gasteiger partial charge in [0.15, 0.2) is 0 Å². The first-order valence-corrected chi connectivity index (χ1v) is 6.78. The highest BCUT2D eigenvalue weighted by Crippen LogP contribution is 2.10. The maximum Gasteiger partial charge on any atom is 0.0762 e. The number of aromatic nitrogens is 3.